The molecular formula is C22H30N4O3. The normalized spacial score (nSPS) is 18.1. The Balaban J connectivity index is 1.43. The zero-order valence-electron chi connectivity index (χ0n) is 17.0. The lowest BCUT2D eigenvalue weighted by Gasteiger charge is -2.26. The lowest BCUT2D eigenvalue weighted by atomic mass is 10.1. The summed E-state index contributed by atoms with van der Waals surface area (Å²) in [5, 5.41) is 3.59. The van der Waals surface area contributed by atoms with Crippen LogP contribution in [0.15, 0.2) is 23.0 Å². The first-order valence-electron chi connectivity index (χ1n) is 10.8. The number of amides is 1. The summed E-state index contributed by atoms with van der Waals surface area (Å²) in [7, 11) is 0. The topological polar surface area (TPSA) is 76.5 Å². The van der Waals surface area contributed by atoms with Crippen LogP contribution in [0.1, 0.15) is 48.3 Å². The van der Waals surface area contributed by atoms with Crippen LogP contribution >= 0.6 is 0 Å². The summed E-state index contributed by atoms with van der Waals surface area (Å²) in [6.07, 6.45) is 6.15. The van der Waals surface area contributed by atoms with E-state index >= 15 is 0 Å². The first-order valence-corrected chi connectivity index (χ1v) is 10.8. The van der Waals surface area contributed by atoms with Gasteiger partial charge >= 0.3 is 0 Å². The van der Waals surface area contributed by atoms with Crippen molar-refractivity contribution in [3.8, 4) is 0 Å². The largest absolute Gasteiger partial charge is 0.379 e. The lowest BCUT2D eigenvalue weighted by Crippen LogP contribution is -2.38. The number of hydrogen-bond acceptors (Lipinski definition) is 5. The van der Waals surface area contributed by atoms with Gasteiger partial charge in [0.1, 0.15) is 5.82 Å². The number of fused-ring (bicyclic) bond motifs is 2. The van der Waals surface area contributed by atoms with Crippen LogP contribution in [0, 0.1) is 0 Å². The van der Waals surface area contributed by atoms with Crippen LogP contribution in [0.3, 0.4) is 0 Å². The molecule has 1 saturated heterocycles. The van der Waals surface area contributed by atoms with Gasteiger partial charge in [0.2, 0.25) is 0 Å². The van der Waals surface area contributed by atoms with Crippen molar-refractivity contribution < 1.29 is 9.53 Å². The van der Waals surface area contributed by atoms with Crippen molar-refractivity contribution >= 4 is 16.8 Å². The van der Waals surface area contributed by atoms with Crippen LogP contribution in [-0.2, 0) is 17.7 Å². The average Bonchev–Trinajstić information content (AvgIpc) is 2.73. The summed E-state index contributed by atoms with van der Waals surface area (Å²) in [5.74, 6) is 0.743. The molecule has 1 N–H and O–H groups in total. The zero-order chi connectivity index (χ0) is 20.1. The van der Waals surface area contributed by atoms with E-state index in [-0.39, 0.29) is 11.5 Å². The van der Waals surface area contributed by atoms with Crippen molar-refractivity contribution in [3.05, 3.63) is 39.9 Å². The minimum Gasteiger partial charge on any atom is -0.379 e. The van der Waals surface area contributed by atoms with Crippen LogP contribution < -0.4 is 10.9 Å². The summed E-state index contributed by atoms with van der Waals surface area (Å²) < 4.78 is 7.18. The van der Waals surface area contributed by atoms with Crippen molar-refractivity contribution in [2.24, 2.45) is 0 Å². The van der Waals surface area contributed by atoms with E-state index in [9.17, 15) is 9.59 Å². The molecule has 2 aliphatic heterocycles. The highest BCUT2D eigenvalue weighted by Gasteiger charge is 2.15. The number of morpholine rings is 1. The predicted molar refractivity (Wildman–Crippen MR) is 112 cm³/mol. The third-order valence-corrected chi connectivity index (χ3v) is 5.87. The second-order valence-electron chi connectivity index (χ2n) is 7.94. The molecule has 0 aliphatic carbocycles. The van der Waals surface area contributed by atoms with Crippen molar-refractivity contribution in [2.75, 3.05) is 39.4 Å². The monoisotopic (exact) mass is 398 g/mol. The lowest BCUT2D eigenvalue weighted by molar-refractivity contribution is 0.0374. The van der Waals surface area contributed by atoms with E-state index in [1.807, 2.05) is 4.57 Å². The van der Waals surface area contributed by atoms with Gasteiger partial charge in [0, 0.05) is 38.2 Å². The Labute approximate surface area is 171 Å². The van der Waals surface area contributed by atoms with E-state index in [2.05, 4.69) is 10.2 Å². The highest BCUT2D eigenvalue weighted by Crippen LogP contribution is 2.16. The third-order valence-electron chi connectivity index (χ3n) is 5.87. The van der Waals surface area contributed by atoms with E-state index in [0.29, 0.717) is 23.0 Å². The number of carbonyl (C=O) groups excluding carboxylic acids is 1. The smallest absolute Gasteiger partial charge is 0.261 e. The highest BCUT2D eigenvalue weighted by molar-refractivity contribution is 5.97. The van der Waals surface area contributed by atoms with E-state index in [1.165, 1.54) is 6.42 Å². The molecule has 0 saturated carbocycles. The van der Waals surface area contributed by atoms with Gasteiger partial charge in [-0.1, -0.05) is 12.8 Å². The van der Waals surface area contributed by atoms with E-state index in [1.54, 1.807) is 18.2 Å². The molecule has 156 valence electrons. The van der Waals surface area contributed by atoms with Gasteiger partial charge in [0.25, 0.3) is 11.5 Å². The molecule has 1 fully saturated rings. The Morgan fingerprint density at radius 1 is 1.10 bits per heavy atom. The van der Waals surface area contributed by atoms with Crippen LogP contribution in [0.5, 0.6) is 0 Å². The van der Waals surface area contributed by atoms with Gasteiger partial charge in [-0.25, -0.2) is 4.98 Å². The summed E-state index contributed by atoms with van der Waals surface area (Å²) in [6.45, 7) is 5.84. The van der Waals surface area contributed by atoms with Crippen molar-refractivity contribution in [1.29, 1.82) is 0 Å². The number of aryl methyl sites for hydroxylation is 1. The maximum absolute atomic E-state index is 12.9. The van der Waals surface area contributed by atoms with Crippen molar-refractivity contribution in [2.45, 2.75) is 45.1 Å². The first-order chi connectivity index (χ1) is 14.2. The minimum atomic E-state index is -0.109. The van der Waals surface area contributed by atoms with Crippen molar-refractivity contribution in [1.82, 2.24) is 19.8 Å². The summed E-state index contributed by atoms with van der Waals surface area (Å²) >= 11 is 0. The zero-order valence-corrected chi connectivity index (χ0v) is 17.0. The fourth-order valence-electron chi connectivity index (χ4n) is 4.17. The number of nitrogens with zero attached hydrogens (tertiary/aromatic N) is 3. The Morgan fingerprint density at radius 2 is 1.93 bits per heavy atom. The van der Waals surface area contributed by atoms with Gasteiger partial charge < -0.3 is 10.1 Å². The maximum atomic E-state index is 12.9. The number of benzene rings is 1. The van der Waals surface area contributed by atoms with Gasteiger partial charge in [-0.15, -0.1) is 0 Å². The number of rotatable bonds is 5. The fraction of sp³-hybridized carbons (Fsp3) is 0.591. The second kappa shape index (κ2) is 9.50. The molecule has 0 bridgehead atoms. The second-order valence-corrected chi connectivity index (χ2v) is 7.94. The minimum absolute atomic E-state index is 0.0179. The Morgan fingerprint density at radius 3 is 2.79 bits per heavy atom. The molecule has 7 heteroatoms. The van der Waals surface area contributed by atoms with Crippen LogP contribution in [0.25, 0.3) is 10.9 Å². The van der Waals surface area contributed by atoms with Crippen LogP contribution in [-0.4, -0.2) is 59.8 Å². The van der Waals surface area contributed by atoms with Gasteiger partial charge in [-0.2, -0.15) is 0 Å². The molecule has 2 aliphatic rings. The summed E-state index contributed by atoms with van der Waals surface area (Å²) in [5.41, 5.74) is 1.21. The van der Waals surface area contributed by atoms with Crippen LogP contribution in [0.4, 0.5) is 0 Å². The first kappa shape index (κ1) is 20.0. The molecule has 1 amide bonds. The van der Waals surface area contributed by atoms with Crippen LogP contribution in [0.2, 0.25) is 0 Å². The van der Waals surface area contributed by atoms with E-state index in [0.717, 1.165) is 77.3 Å². The number of hydrogen-bond donors (Lipinski definition) is 1. The van der Waals surface area contributed by atoms with Gasteiger partial charge in [0.05, 0.1) is 24.1 Å². The molecule has 4 rings (SSSR count). The molecule has 1 aromatic carbocycles. The van der Waals surface area contributed by atoms with E-state index < -0.39 is 0 Å². The molecule has 29 heavy (non-hydrogen) atoms. The molecule has 3 heterocycles. The van der Waals surface area contributed by atoms with Gasteiger partial charge in [-0.3, -0.25) is 19.1 Å². The number of nitrogens with one attached hydrogen (secondary N) is 1. The summed E-state index contributed by atoms with van der Waals surface area (Å²) in [4.78, 5) is 32.5. The highest BCUT2D eigenvalue weighted by atomic mass is 16.5. The number of aromatic nitrogens is 2. The standard InChI is InChI=1S/C22H30N4O3/c27-21(23-9-5-10-25-12-14-29-15-13-25)17-7-8-18-19(16-17)24-20-6-3-1-2-4-11-26(20)22(18)28/h7-8,16H,1-6,9-15H2,(H,23,27). The van der Waals surface area contributed by atoms with Gasteiger partial charge in [0.15, 0.2) is 0 Å². The SMILES string of the molecule is O=C(NCCCN1CCOCC1)c1ccc2c(=O)n3c(nc2c1)CCCCCC3. The number of carbonyl (C=O) groups is 1. The molecule has 0 radical (unpaired) electrons. The Kier molecular flexibility index (Phi) is 6.56. The molecule has 1 aromatic heterocycles. The predicted octanol–water partition coefficient (Wildman–Crippen LogP) is 1.97. The quantitative estimate of drug-likeness (QED) is 0.780. The maximum Gasteiger partial charge on any atom is 0.261 e. The Bertz CT molecular complexity index is 918. The number of ether oxygens (including phenoxy) is 1. The third kappa shape index (κ3) is 4.85. The van der Waals surface area contributed by atoms with E-state index in [4.69, 9.17) is 9.72 Å². The van der Waals surface area contributed by atoms with Crippen molar-refractivity contribution in [3.63, 3.8) is 0 Å². The molecule has 0 unspecified atom stereocenters. The molecule has 7 nitrogen and oxygen atoms in total. The summed E-state index contributed by atoms with van der Waals surface area (Å²) in [6, 6.07) is 5.24. The van der Waals surface area contributed by atoms with Gasteiger partial charge in [-0.05, 0) is 44.0 Å². The molecular weight excluding hydrogens is 368 g/mol. The molecule has 0 spiro atoms. The molecule has 2 aromatic rings. The fourth-order valence-corrected chi connectivity index (χ4v) is 4.17. The Hall–Kier alpha value is -2.25. The molecule has 0 atom stereocenters. The average molecular weight is 399 g/mol.